The molecule has 0 radical (unpaired) electrons. The molecule has 0 saturated carbocycles. The highest BCUT2D eigenvalue weighted by Gasteiger charge is 2.33. The SMILES string of the molecule is COC(=O)c1c(C)[nH]c(C(=O)OC(C(=O)N2CCCC2)C(C)C)c1C. The van der Waals surface area contributed by atoms with E-state index in [1.807, 2.05) is 13.8 Å². The van der Waals surface area contributed by atoms with E-state index in [4.69, 9.17) is 9.47 Å². The van der Waals surface area contributed by atoms with Crippen molar-refractivity contribution >= 4 is 17.8 Å². The summed E-state index contributed by atoms with van der Waals surface area (Å²) in [7, 11) is 1.29. The summed E-state index contributed by atoms with van der Waals surface area (Å²) in [5.74, 6) is -1.45. The standard InChI is InChI=1S/C18H26N2O5/c1-10(2)15(16(21)20-8-6-7-9-20)25-18(23)14-11(3)13(12(4)19-14)17(22)24-5/h10,15,19H,6-9H2,1-5H3. The van der Waals surface area contributed by atoms with E-state index < -0.39 is 18.0 Å². The Kier molecular flexibility index (Phi) is 5.87. The van der Waals surface area contributed by atoms with Crippen LogP contribution in [-0.2, 0) is 14.3 Å². The van der Waals surface area contributed by atoms with Gasteiger partial charge >= 0.3 is 11.9 Å². The molecule has 1 aliphatic rings. The fourth-order valence-electron chi connectivity index (χ4n) is 3.13. The Morgan fingerprint density at radius 3 is 2.20 bits per heavy atom. The van der Waals surface area contributed by atoms with Crippen LogP contribution in [0.1, 0.15) is 58.8 Å². The number of hydrogen-bond acceptors (Lipinski definition) is 5. The van der Waals surface area contributed by atoms with E-state index in [0.717, 1.165) is 12.8 Å². The van der Waals surface area contributed by atoms with Gasteiger partial charge in [0.1, 0.15) is 5.69 Å². The Balaban J connectivity index is 2.21. The third kappa shape index (κ3) is 3.86. The second-order valence-corrected chi connectivity index (χ2v) is 6.72. The lowest BCUT2D eigenvalue weighted by molar-refractivity contribution is -0.141. The zero-order valence-corrected chi connectivity index (χ0v) is 15.5. The van der Waals surface area contributed by atoms with Gasteiger partial charge in [0.05, 0.1) is 12.7 Å². The minimum Gasteiger partial charge on any atom is -0.465 e. The van der Waals surface area contributed by atoms with Crippen LogP contribution < -0.4 is 0 Å². The van der Waals surface area contributed by atoms with Crippen molar-refractivity contribution in [1.82, 2.24) is 9.88 Å². The number of amides is 1. The molecule has 1 atom stereocenters. The lowest BCUT2D eigenvalue weighted by Crippen LogP contribution is -2.42. The summed E-state index contributed by atoms with van der Waals surface area (Å²) >= 11 is 0. The van der Waals surface area contributed by atoms with Crippen molar-refractivity contribution in [2.45, 2.75) is 46.6 Å². The molecule has 1 amide bonds. The molecule has 138 valence electrons. The van der Waals surface area contributed by atoms with Gasteiger partial charge in [-0.25, -0.2) is 9.59 Å². The number of aryl methyl sites for hydroxylation is 1. The lowest BCUT2D eigenvalue weighted by atomic mass is 10.1. The number of H-pyrrole nitrogens is 1. The number of methoxy groups -OCH3 is 1. The molecule has 7 heteroatoms. The van der Waals surface area contributed by atoms with Crippen LogP contribution in [0, 0.1) is 19.8 Å². The highest BCUT2D eigenvalue weighted by Crippen LogP contribution is 2.22. The van der Waals surface area contributed by atoms with Crippen LogP contribution in [0.5, 0.6) is 0 Å². The molecular weight excluding hydrogens is 324 g/mol. The van der Waals surface area contributed by atoms with Crippen LogP contribution in [0.4, 0.5) is 0 Å². The van der Waals surface area contributed by atoms with E-state index in [9.17, 15) is 14.4 Å². The van der Waals surface area contributed by atoms with Crippen LogP contribution in [-0.4, -0.2) is 54.0 Å². The minimum atomic E-state index is -0.838. The molecule has 7 nitrogen and oxygen atoms in total. The lowest BCUT2D eigenvalue weighted by Gasteiger charge is -2.25. The average molecular weight is 350 g/mol. The van der Waals surface area contributed by atoms with E-state index in [-0.39, 0.29) is 17.5 Å². The molecule has 1 fully saturated rings. The van der Waals surface area contributed by atoms with Crippen molar-refractivity contribution in [3.63, 3.8) is 0 Å². The molecule has 1 N–H and O–H groups in total. The number of likely N-dealkylation sites (tertiary alicyclic amines) is 1. The number of aromatic nitrogens is 1. The molecule has 1 aliphatic heterocycles. The molecule has 0 aliphatic carbocycles. The maximum atomic E-state index is 12.6. The first-order valence-electron chi connectivity index (χ1n) is 8.55. The number of aromatic amines is 1. The Morgan fingerprint density at radius 2 is 1.68 bits per heavy atom. The number of carbonyl (C=O) groups is 3. The molecule has 1 saturated heterocycles. The van der Waals surface area contributed by atoms with E-state index in [1.165, 1.54) is 7.11 Å². The maximum absolute atomic E-state index is 12.6. The number of nitrogens with one attached hydrogen (secondary N) is 1. The van der Waals surface area contributed by atoms with Gasteiger partial charge in [-0.2, -0.15) is 0 Å². The molecule has 2 heterocycles. The summed E-state index contributed by atoms with van der Waals surface area (Å²) in [5.41, 5.74) is 1.49. The van der Waals surface area contributed by atoms with Crippen molar-refractivity contribution in [3.8, 4) is 0 Å². The van der Waals surface area contributed by atoms with Gasteiger partial charge < -0.3 is 19.4 Å². The fraction of sp³-hybridized carbons (Fsp3) is 0.611. The molecule has 0 spiro atoms. The highest BCUT2D eigenvalue weighted by atomic mass is 16.5. The van der Waals surface area contributed by atoms with Gasteiger partial charge in [-0.1, -0.05) is 13.8 Å². The first kappa shape index (κ1) is 19.0. The van der Waals surface area contributed by atoms with Crippen LogP contribution in [0.3, 0.4) is 0 Å². The number of nitrogens with zero attached hydrogens (tertiary/aromatic N) is 1. The maximum Gasteiger partial charge on any atom is 0.355 e. The van der Waals surface area contributed by atoms with Gasteiger partial charge in [0, 0.05) is 18.8 Å². The molecule has 0 bridgehead atoms. The van der Waals surface area contributed by atoms with E-state index >= 15 is 0 Å². The van der Waals surface area contributed by atoms with E-state index in [0.29, 0.717) is 29.9 Å². The second-order valence-electron chi connectivity index (χ2n) is 6.72. The van der Waals surface area contributed by atoms with Crippen molar-refractivity contribution in [3.05, 3.63) is 22.5 Å². The molecule has 1 aromatic rings. The van der Waals surface area contributed by atoms with Crippen LogP contribution in [0.15, 0.2) is 0 Å². The Morgan fingerprint density at radius 1 is 1.08 bits per heavy atom. The highest BCUT2D eigenvalue weighted by molar-refractivity contribution is 5.99. The number of carbonyl (C=O) groups excluding carboxylic acids is 3. The summed E-state index contributed by atoms with van der Waals surface area (Å²) in [5, 5.41) is 0. The molecule has 1 aromatic heterocycles. The van der Waals surface area contributed by atoms with Gasteiger partial charge in [-0.15, -0.1) is 0 Å². The zero-order chi connectivity index (χ0) is 18.7. The molecule has 25 heavy (non-hydrogen) atoms. The summed E-state index contributed by atoms with van der Waals surface area (Å²) in [4.78, 5) is 41.7. The Hall–Kier alpha value is -2.31. The van der Waals surface area contributed by atoms with Crippen molar-refractivity contribution in [2.24, 2.45) is 5.92 Å². The number of esters is 2. The zero-order valence-electron chi connectivity index (χ0n) is 15.5. The van der Waals surface area contributed by atoms with Gasteiger partial charge in [0.25, 0.3) is 5.91 Å². The largest absolute Gasteiger partial charge is 0.465 e. The predicted molar refractivity (Wildman–Crippen MR) is 91.5 cm³/mol. The third-order valence-corrected chi connectivity index (χ3v) is 4.53. The van der Waals surface area contributed by atoms with Crippen LogP contribution in [0.2, 0.25) is 0 Å². The average Bonchev–Trinajstić information content (AvgIpc) is 3.19. The topological polar surface area (TPSA) is 88.7 Å². The third-order valence-electron chi connectivity index (χ3n) is 4.53. The van der Waals surface area contributed by atoms with Crippen molar-refractivity contribution in [1.29, 1.82) is 0 Å². The first-order chi connectivity index (χ1) is 11.8. The normalized spacial score (nSPS) is 15.4. The van der Waals surface area contributed by atoms with E-state index in [2.05, 4.69) is 4.98 Å². The van der Waals surface area contributed by atoms with Gasteiger partial charge in [-0.3, -0.25) is 4.79 Å². The Bertz CT molecular complexity index is 671. The predicted octanol–water partition coefficient (Wildman–Crippen LogP) is 2.22. The van der Waals surface area contributed by atoms with E-state index in [1.54, 1.807) is 18.7 Å². The fourth-order valence-corrected chi connectivity index (χ4v) is 3.13. The monoisotopic (exact) mass is 350 g/mol. The van der Waals surface area contributed by atoms with Crippen LogP contribution >= 0.6 is 0 Å². The van der Waals surface area contributed by atoms with Crippen molar-refractivity contribution < 1.29 is 23.9 Å². The first-order valence-corrected chi connectivity index (χ1v) is 8.55. The van der Waals surface area contributed by atoms with Gasteiger partial charge in [0.2, 0.25) is 0 Å². The molecular formula is C18H26N2O5. The Labute approximate surface area is 147 Å². The number of ether oxygens (including phenoxy) is 2. The number of hydrogen-bond donors (Lipinski definition) is 1. The number of rotatable bonds is 5. The quantitative estimate of drug-likeness (QED) is 0.823. The summed E-state index contributed by atoms with van der Waals surface area (Å²) in [6.07, 6.45) is 1.11. The molecule has 2 rings (SSSR count). The minimum absolute atomic E-state index is 0.145. The van der Waals surface area contributed by atoms with Crippen molar-refractivity contribution in [2.75, 3.05) is 20.2 Å². The summed E-state index contributed by atoms with van der Waals surface area (Å²) in [6, 6.07) is 0. The van der Waals surface area contributed by atoms with Gasteiger partial charge in [-0.05, 0) is 38.2 Å². The molecule has 0 aromatic carbocycles. The van der Waals surface area contributed by atoms with Crippen LogP contribution in [0.25, 0.3) is 0 Å². The smallest absolute Gasteiger partial charge is 0.355 e. The summed E-state index contributed by atoms with van der Waals surface area (Å²) < 4.78 is 10.3. The second kappa shape index (κ2) is 7.72. The van der Waals surface area contributed by atoms with Gasteiger partial charge in [0.15, 0.2) is 6.10 Å². The summed E-state index contributed by atoms with van der Waals surface area (Å²) in [6.45, 7) is 8.43. The molecule has 1 unspecified atom stereocenters.